The SMILES string of the molecule is CC(=O)Oc1ccc(CCC(=O)O)o1. The van der Waals surface area contributed by atoms with Crippen molar-refractivity contribution in [1.29, 1.82) is 0 Å². The molecular formula is C9H10O5. The van der Waals surface area contributed by atoms with Crippen LogP contribution in [0.15, 0.2) is 16.5 Å². The number of aryl methyl sites for hydroxylation is 1. The predicted octanol–water partition coefficient (Wildman–Crippen LogP) is 1.22. The molecule has 0 spiro atoms. The zero-order valence-corrected chi connectivity index (χ0v) is 7.65. The Kier molecular flexibility index (Phi) is 3.28. The second-order valence-corrected chi connectivity index (χ2v) is 2.71. The molecule has 0 saturated carbocycles. The van der Waals surface area contributed by atoms with Gasteiger partial charge in [-0.05, 0) is 6.07 Å². The van der Waals surface area contributed by atoms with Gasteiger partial charge in [-0.15, -0.1) is 0 Å². The second kappa shape index (κ2) is 4.45. The highest BCUT2D eigenvalue weighted by Crippen LogP contribution is 2.17. The average Bonchev–Trinajstić information content (AvgIpc) is 2.47. The van der Waals surface area contributed by atoms with Crippen LogP contribution < -0.4 is 4.74 Å². The van der Waals surface area contributed by atoms with Crippen LogP contribution in [0.25, 0.3) is 0 Å². The van der Waals surface area contributed by atoms with Crippen LogP contribution >= 0.6 is 0 Å². The van der Waals surface area contributed by atoms with E-state index in [1.54, 1.807) is 6.07 Å². The first-order valence-corrected chi connectivity index (χ1v) is 4.07. The highest BCUT2D eigenvalue weighted by Gasteiger charge is 2.06. The maximum Gasteiger partial charge on any atom is 0.310 e. The summed E-state index contributed by atoms with van der Waals surface area (Å²) in [6.07, 6.45) is 0.281. The Morgan fingerprint density at radius 3 is 2.79 bits per heavy atom. The highest BCUT2D eigenvalue weighted by atomic mass is 16.6. The number of hydrogen-bond acceptors (Lipinski definition) is 4. The molecule has 1 N–H and O–H groups in total. The molecule has 1 rings (SSSR count). The van der Waals surface area contributed by atoms with E-state index >= 15 is 0 Å². The third-order valence-electron chi connectivity index (χ3n) is 1.47. The van der Waals surface area contributed by atoms with Gasteiger partial charge < -0.3 is 14.3 Å². The summed E-state index contributed by atoms with van der Waals surface area (Å²) in [5.41, 5.74) is 0. The molecule has 14 heavy (non-hydrogen) atoms. The van der Waals surface area contributed by atoms with E-state index in [9.17, 15) is 9.59 Å². The third kappa shape index (κ3) is 3.30. The molecule has 0 atom stereocenters. The first-order valence-electron chi connectivity index (χ1n) is 4.07. The van der Waals surface area contributed by atoms with E-state index in [1.165, 1.54) is 13.0 Å². The number of ether oxygens (including phenoxy) is 1. The van der Waals surface area contributed by atoms with Crippen molar-refractivity contribution in [3.8, 4) is 5.95 Å². The van der Waals surface area contributed by atoms with E-state index in [1.807, 2.05) is 0 Å². The molecule has 1 heterocycles. The van der Waals surface area contributed by atoms with Crippen molar-refractivity contribution in [2.75, 3.05) is 0 Å². The Labute approximate surface area is 80.3 Å². The van der Waals surface area contributed by atoms with Gasteiger partial charge in [-0.25, -0.2) is 0 Å². The summed E-state index contributed by atoms with van der Waals surface area (Å²) in [5, 5.41) is 8.40. The summed E-state index contributed by atoms with van der Waals surface area (Å²) < 4.78 is 9.69. The number of aliphatic carboxylic acids is 1. The second-order valence-electron chi connectivity index (χ2n) is 2.71. The Balaban J connectivity index is 2.50. The number of esters is 1. The zero-order chi connectivity index (χ0) is 10.6. The molecule has 5 heteroatoms. The lowest BCUT2D eigenvalue weighted by molar-refractivity contribution is -0.137. The standard InChI is InChI=1S/C9H10O5/c1-6(10)13-9-5-3-7(14-9)2-4-8(11)12/h3,5H,2,4H2,1H3,(H,11,12). The molecule has 1 aromatic rings. The van der Waals surface area contributed by atoms with Gasteiger partial charge in [-0.3, -0.25) is 9.59 Å². The average molecular weight is 198 g/mol. The van der Waals surface area contributed by atoms with Crippen molar-refractivity contribution in [2.45, 2.75) is 19.8 Å². The molecule has 1 aromatic heterocycles. The molecule has 0 saturated heterocycles. The van der Waals surface area contributed by atoms with Crippen molar-refractivity contribution in [1.82, 2.24) is 0 Å². The number of carbonyl (C=O) groups excluding carboxylic acids is 1. The Bertz CT molecular complexity index is 339. The topological polar surface area (TPSA) is 76.7 Å². The quantitative estimate of drug-likeness (QED) is 0.736. The van der Waals surface area contributed by atoms with Gasteiger partial charge >= 0.3 is 11.9 Å². The minimum Gasteiger partial charge on any atom is -0.481 e. The fraction of sp³-hybridized carbons (Fsp3) is 0.333. The normalized spacial score (nSPS) is 9.79. The van der Waals surface area contributed by atoms with E-state index < -0.39 is 11.9 Å². The van der Waals surface area contributed by atoms with Gasteiger partial charge in [0.1, 0.15) is 5.76 Å². The molecule has 0 fully saturated rings. The summed E-state index contributed by atoms with van der Waals surface area (Å²) >= 11 is 0. The van der Waals surface area contributed by atoms with Crippen molar-refractivity contribution < 1.29 is 23.8 Å². The lowest BCUT2D eigenvalue weighted by Crippen LogP contribution is -2.00. The van der Waals surface area contributed by atoms with Gasteiger partial charge in [0.05, 0.1) is 6.42 Å². The van der Waals surface area contributed by atoms with E-state index in [4.69, 9.17) is 9.52 Å². The van der Waals surface area contributed by atoms with Crippen molar-refractivity contribution in [3.63, 3.8) is 0 Å². The lowest BCUT2D eigenvalue weighted by Gasteiger charge is -1.94. The van der Waals surface area contributed by atoms with Gasteiger partial charge in [0.15, 0.2) is 0 Å². The van der Waals surface area contributed by atoms with Crippen LogP contribution in [0.3, 0.4) is 0 Å². The lowest BCUT2D eigenvalue weighted by atomic mass is 10.2. The third-order valence-corrected chi connectivity index (χ3v) is 1.47. The van der Waals surface area contributed by atoms with E-state index in [-0.39, 0.29) is 18.8 Å². The number of furan rings is 1. The van der Waals surface area contributed by atoms with Gasteiger partial charge in [-0.1, -0.05) is 0 Å². The Morgan fingerprint density at radius 1 is 1.50 bits per heavy atom. The molecule has 0 amide bonds. The first-order chi connectivity index (χ1) is 6.58. The summed E-state index contributed by atoms with van der Waals surface area (Å²) in [6, 6.07) is 3.07. The van der Waals surface area contributed by atoms with Gasteiger partial charge in [0, 0.05) is 19.4 Å². The molecule has 0 aliphatic carbocycles. The maximum atomic E-state index is 10.5. The van der Waals surface area contributed by atoms with Crippen LogP contribution in [-0.2, 0) is 16.0 Å². The smallest absolute Gasteiger partial charge is 0.310 e. The first kappa shape index (κ1) is 10.3. The van der Waals surface area contributed by atoms with Crippen molar-refractivity contribution in [2.24, 2.45) is 0 Å². The maximum absolute atomic E-state index is 10.5. The Hall–Kier alpha value is -1.78. The molecule has 5 nitrogen and oxygen atoms in total. The highest BCUT2D eigenvalue weighted by molar-refractivity contribution is 5.68. The molecule has 76 valence electrons. The van der Waals surface area contributed by atoms with Crippen LogP contribution in [-0.4, -0.2) is 17.0 Å². The van der Waals surface area contributed by atoms with E-state index in [2.05, 4.69) is 4.74 Å². The van der Waals surface area contributed by atoms with Crippen molar-refractivity contribution >= 4 is 11.9 Å². The number of carbonyl (C=O) groups is 2. The fourth-order valence-corrected chi connectivity index (χ4v) is 0.919. The largest absolute Gasteiger partial charge is 0.481 e. The Morgan fingerprint density at radius 2 is 2.21 bits per heavy atom. The van der Waals surface area contributed by atoms with Crippen LogP contribution in [0.1, 0.15) is 19.1 Å². The summed E-state index contributed by atoms with van der Waals surface area (Å²) in [4.78, 5) is 20.7. The van der Waals surface area contributed by atoms with Gasteiger partial charge in [0.25, 0.3) is 5.95 Å². The summed E-state index contributed by atoms with van der Waals surface area (Å²) in [5.74, 6) is -0.777. The van der Waals surface area contributed by atoms with E-state index in [0.29, 0.717) is 5.76 Å². The molecule has 0 unspecified atom stereocenters. The van der Waals surface area contributed by atoms with Crippen LogP contribution in [0.2, 0.25) is 0 Å². The molecule has 0 aromatic carbocycles. The summed E-state index contributed by atoms with van der Waals surface area (Å²) in [6.45, 7) is 1.26. The number of rotatable bonds is 4. The molecule has 0 aliphatic heterocycles. The molecule has 0 bridgehead atoms. The summed E-state index contributed by atoms with van der Waals surface area (Å²) in [7, 11) is 0. The number of carboxylic acids is 1. The van der Waals surface area contributed by atoms with Crippen molar-refractivity contribution in [3.05, 3.63) is 17.9 Å². The molecular weight excluding hydrogens is 188 g/mol. The molecule has 0 radical (unpaired) electrons. The molecule has 0 aliphatic rings. The van der Waals surface area contributed by atoms with Crippen LogP contribution in [0.5, 0.6) is 5.95 Å². The van der Waals surface area contributed by atoms with Crippen LogP contribution in [0.4, 0.5) is 0 Å². The zero-order valence-electron chi connectivity index (χ0n) is 7.65. The monoisotopic (exact) mass is 198 g/mol. The number of hydrogen-bond donors (Lipinski definition) is 1. The fourth-order valence-electron chi connectivity index (χ4n) is 0.919. The predicted molar refractivity (Wildman–Crippen MR) is 46.0 cm³/mol. The van der Waals surface area contributed by atoms with Gasteiger partial charge in [-0.2, -0.15) is 0 Å². The number of carboxylic acid groups (broad SMARTS) is 1. The van der Waals surface area contributed by atoms with Crippen LogP contribution in [0, 0.1) is 0 Å². The minimum atomic E-state index is -0.893. The minimum absolute atomic E-state index is 0.00692. The van der Waals surface area contributed by atoms with E-state index in [0.717, 1.165) is 0 Å². The van der Waals surface area contributed by atoms with Gasteiger partial charge in [0.2, 0.25) is 0 Å².